The quantitative estimate of drug-likeness (QED) is 0.405. The van der Waals surface area contributed by atoms with Crippen LogP contribution >= 0.6 is 0 Å². The Bertz CT molecular complexity index is 521. The van der Waals surface area contributed by atoms with E-state index in [0.717, 1.165) is 5.56 Å². The molecule has 1 aromatic rings. The summed E-state index contributed by atoms with van der Waals surface area (Å²) in [7, 11) is 0. The molecular weight excluding hydrogens is 285 g/mol. The Morgan fingerprint density at radius 2 is 1.77 bits per heavy atom. The maximum Gasteiger partial charge on any atom is 0.395 e. The SMILES string of the molecule is C=C/C=C\C=C/CCC(C(=C)Cc1ccccc1)C(F)(F)F. The first-order chi connectivity index (χ1) is 10.4. The minimum atomic E-state index is -4.25. The van der Waals surface area contributed by atoms with Crippen LogP contribution in [0.4, 0.5) is 13.2 Å². The molecule has 118 valence electrons. The lowest BCUT2D eigenvalue weighted by Gasteiger charge is -2.22. The highest BCUT2D eigenvalue weighted by Gasteiger charge is 2.40. The van der Waals surface area contributed by atoms with Crippen molar-refractivity contribution in [1.29, 1.82) is 0 Å². The van der Waals surface area contributed by atoms with Crippen molar-refractivity contribution in [2.24, 2.45) is 5.92 Å². The van der Waals surface area contributed by atoms with E-state index in [1.54, 1.807) is 30.4 Å². The van der Waals surface area contributed by atoms with Gasteiger partial charge in [-0.1, -0.05) is 79.4 Å². The van der Waals surface area contributed by atoms with E-state index in [4.69, 9.17) is 0 Å². The van der Waals surface area contributed by atoms with Gasteiger partial charge in [0.05, 0.1) is 5.92 Å². The van der Waals surface area contributed by atoms with Gasteiger partial charge in [0.1, 0.15) is 0 Å². The highest BCUT2D eigenvalue weighted by atomic mass is 19.4. The van der Waals surface area contributed by atoms with Crippen molar-refractivity contribution < 1.29 is 13.2 Å². The van der Waals surface area contributed by atoms with Gasteiger partial charge in [-0.2, -0.15) is 13.2 Å². The van der Waals surface area contributed by atoms with E-state index >= 15 is 0 Å². The molecule has 22 heavy (non-hydrogen) atoms. The van der Waals surface area contributed by atoms with Crippen LogP contribution in [0.15, 0.2) is 79.4 Å². The van der Waals surface area contributed by atoms with Crippen LogP contribution in [0.25, 0.3) is 0 Å². The van der Waals surface area contributed by atoms with Gasteiger partial charge in [-0.25, -0.2) is 0 Å². The van der Waals surface area contributed by atoms with Crippen molar-refractivity contribution >= 4 is 0 Å². The summed E-state index contributed by atoms with van der Waals surface area (Å²) in [6.45, 7) is 7.19. The van der Waals surface area contributed by atoms with Gasteiger partial charge in [0.25, 0.3) is 0 Å². The molecule has 1 rings (SSSR count). The smallest absolute Gasteiger partial charge is 0.170 e. The molecule has 0 aliphatic carbocycles. The normalized spacial score (nSPS) is 13.6. The lowest BCUT2D eigenvalue weighted by Crippen LogP contribution is -2.25. The van der Waals surface area contributed by atoms with Gasteiger partial charge in [0, 0.05) is 0 Å². The van der Waals surface area contributed by atoms with Crippen molar-refractivity contribution in [3.8, 4) is 0 Å². The summed E-state index contributed by atoms with van der Waals surface area (Å²) in [6, 6.07) is 9.12. The zero-order valence-corrected chi connectivity index (χ0v) is 12.5. The van der Waals surface area contributed by atoms with Crippen LogP contribution in [0.3, 0.4) is 0 Å². The molecule has 1 atom stereocenters. The van der Waals surface area contributed by atoms with Gasteiger partial charge in [-0.05, 0) is 24.8 Å². The van der Waals surface area contributed by atoms with Crippen molar-refractivity contribution in [3.05, 3.63) is 85.0 Å². The van der Waals surface area contributed by atoms with Crippen molar-refractivity contribution in [1.82, 2.24) is 0 Å². The average Bonchev–Trinajstić information content (AvgIpc) is 2.46. The molecule has 0 aliphatic heterocycles. The summed E-state index contributed by atoms with van der Waals surface area (Å²) < 4.78 is 39.6. The molecular formula is C19H21F3. The van der Waals surface area contributed by atoms with Crippen molar-refractivity contribution in [3.63, 3.8) is 0 Å². The van der Waals surface area contributed by atoms with Gasteiger partial charge in [-0.3, -0.25) is 0 Å². The number of rotatable bonds is 8. The van der Waals surface area contributed by atoms with Crippen molar-refractivity contribution in [2.45, 2.75) is 25.4 Å². The highest BCUT2D eigenvalue weighted by Crippen LogP contribution is 2.36. The largest absolute Gasteiger partial charge is 0.395 e. The summed E-state index contributed by atoms with van der Waals surface area (Å²) >= 11 is 0. The number of benzene rings is 1. The molecule has 0 aliphatic rings. The van der Waals surface area contributed by atoms with Crippen LogP contribution in [0, 0.1) is 5.92 Å². The Balaban J connectivity index is 2.64. The minimum Gasteiger partial charge on any atom is -0.170 e. The molecule has 0 N–H and O–H groups in total. The Labute approximate surface area is 130 Å². The number of hydrogen-bond donors (Lipinski definition) is 0. The third-order valence-electron chi connectivity index (χ3n) is 3.28. The second-order valence-electron chi connectivity index (χ2n) is 5.04. The average molecular weight is 306 g/mol. The maximum atomic E-state index is 13.2. The van der Waals surface area contributed by atoms with Crippen molar-refractivity contribution in [2.75, 3.05) is 0 Å². The number of alkyl halides is 3. The topological polar surface area (TPSA) is 0 Å². The van der Waals surface area contributed by atoms with Crippen LogP contribution < -0.4 is 0 Å². The Morgan fingerprint density at radius 1 is 1.09 bits per heavy atom. The molecule has 0 nitrogen and oxygen atoms in total. The standard InChI is InChI=1S/C19H21F3/c1-3-4-5-6-7-11-14-18(19(20,21)22)16(2)15-17-12-9-8-10-13-17/h3-10,12-13,18H,1-2,11,14-15H2/b5-4-,7-6-. The summed E-state index contributed by atoms with van der Waals surface area (Å²) in [5.74, 6) is -1.47. The fourth-order valence-corrected chi connectivity index (χ4v) is 2.16. The van der Waals surface area contributed by atoms with Crippen LogP contribution in [-0.4, -0.2) is 6.18 Å². The Hall–Kier alpha value is -2.03. The molecule has 1 unspecified atom stereocenters. The Kier molecular flexibility index (Phi) is 7.44. The monoisotopic (exact) mass is 306 g/mol. The van der Waals surface area contributed by atoms with Gasteiger partial charge in [-0.15, -0.1) is 0 Å². The first-order valence-corrected chi connectivity index (χ1v) is 7.17. The summed E-state index contributed by atoms with van der Waals surface area (Å²) in [5, 5.41) is 0. The van der Waals surface area contributed by atoms with E-state index in [1.807, 2.05) is 30.3 Å². The van der Waals surface area contributed by atoms with Crippen LogP contribution in [0.5, 0.6) is 0 Å². The molecule has 0 fully saturated rings. The summed E-state index contributed by atoms with van der Waals surface area (Å²) in [4.78, 5) is 0. The van der Waals surface area contributed by atoms with Gasteiger partial charge in [0.2, 0.25) is 0 Å². The van der Waals surface area contributed by atoms with E-state index in [-0.39, 0.29) is 18.4 Å². The molecule has 0 amide bonds. The zero-order chi connectivity index (χ0) is 16.4. The third kappa shape index (κ3) is 6.61. The molecule has 0 saturated carbocycles. The van der Waals surface area contributed by atoms with Crippen LogP contribution in [-0.2, 0) is 6.42 Å². The zero-order valence-electron chi connectivity index (χ0n) is 12.5. The first-order valence-electron chi connectivity index (χ1n) is 7.17. The second-order valence-corrected chi connectivity index (χ2v) is 5.04. The summed E-state index contributed by atoms with van der Waals surface area (Å²) in [5.41, 5.74) is 1.07. The second kappa shape index (κ2) is 9.08. The minimum absolute atomic E-state index is 0.0214. The lowest BCUT2D eigenvalue weighted by atomic mass is 9.90. The molecule has 0 heterocycles. The molecule has 1 aromatic carbocycles. The highest BCUT2D eigenvalue weighted by molar-refractivity contribution is 5.22. The maximum absolute atomic E-state index is 13.2. The molecule has 0 saturated heterocycles. The third-order valence-corrected chi connectivity index (χ3v) is 3.28. The summed E-state index contributed by atoms with van der Waals surface area (Å²) in [6.07, 6.45) is 4.93. The van der Waals surface area contributed by atoms with E-state index in [0.29, 0.717) is 6.42 Å². The van der Waals surface area contributed by atoms with Gasteiger partial charge in [0.15, 0.2) is 0 Å². The van der Waals surface area contributed by atoms with E-state index < -0.39 is 12.1 Å². The van der Waals surface area contributed by atoms with Crippen LogP contribution in [0.2, 0.25) is 0 Å². The molecule has 0 spiro atoms. The molecule has 0 aromatic heterocycles. The van der Waals surface area contributed by atoms with E-state index in [9.17, 15) is 13.2 Å². The number of halogens is 3. The van der Waals surface area contributed by atoms with E-state index in [1.165, 1.54) is 0 Å². The number of hydrogen-bond acceptors (Lipinski definition) is 0. The van der Waals surface area contributed by atoms with Gasteiger partial charge < -0.3 is 0 Å². The predicted molar refractivity (Wildman–Crippen MR) is 86.5 cm³/mol. The fraction of sp³-hybridized carbons (Fsp3) is 0.263. The predicted octanol–water partition coefficient (Wildman–Crippen LogP) is 6.04. The lowest BCUT2D eigenvalue weighted by molar-refractivity contribution is -0.165. The fourth-order valence-electron chi connectivity index (χ4n) is 2.16. The molecule has 3 heteroatoms. The Morgan fingerprint density at radius 3 is 2.36 bits per heavy atom. The van der Waals surface area contributed by atoms with E-state index in [2.05, 4.69) is 13.2 Å². The van der Waals surface area contributed by atoms with Gasteiger partial charge >= 0.3 is 6.18 Å². The first kappa shape index (κ1) is 18.0. The molecule has 0 radical (unpaired) electrons. The van der Waals surface area contributed by atoms with Crippen LogP contribution in [0.1, 0.15) is 18.4 Å². The molecule has 0 bridgehead atoms. The number of allylic oxidation sites excluding steroid dienone is 6.